The average Bonchev–Trinajstić information content (AvgIpc) is 2.56. The number of carbonyl (C=O) groups excluding carboxylic acids is 1. The summed E-state index contributed by atoms with van der Waals surface area (Å²) in [6.45, 7) is 3.81. The Hall–Kier alpha value is -1.51. The average molecular weight is 300 g/mol. The molecule has 3 nitrogen and oxygen atoms in total. The van der Waals surface area contributed by atoms with E-state index in [0.717, 1.165) is 24.7 Å². The normalized spacial score (nSPS) is 24.7. The van der Waals surface area contributed by atoms with Crippen molar-refractivity contribution in [3.8, 4) is 0 Å². The van der Waals surface area contributed by atoms with E-state index in [4.69, 9.17) is 0 Å². The summed E-state index contributed by atoms with van der Waals surface area (Å²) in [6, 6.07) is 8.80. The Morgan fingerprint density at radius 1 is 1.18 bits per heavy atom. The third-order valence-electron chi connectivity index (χ3n) is 5.36. The number of amides is 1. The first-order valence-electron chi connectivity index (χ1n) is 8.84. The molecular weight excluding hydrogens is 272 g/mol. The van der Waals surface area contributed by atoms with Gasteiger partial charge in [-0.3, -0.25) is 4.79 Å². The van der Waals surface area contributed by atoms with Crippen LogP contribution in [0, 0.1) is 12.8 Å². The van der Waals surface area contributed by atoms with E-state index in [0.29, 0.717) is 18.4 Å². The van der Waals surface area contributed by atoms with Crippen molar-refractivity contribution in [1.29, 1.82) is 0 Å². The largest absolute Gasteiger partial charge is 0.384 e. The van der Waals surface area contributed by atoms with Crippen molar-refractivity contribution in [3.05, 3.63) is 29.8 Å². The van der Waals surface area contributed by atoms with E-state index in [9.17, 15) is 4.79 Å². The van der Waals surface area contributed by atoms with Gasteiger partial charge in [0.05, 0.1) is 0 Å². The number of hydrogen-bond donors (Lipinski definition) is 1. The summed E-state index contributed by atoms with van der Waals surface area (Å²) in [7, 11) is 0. The Morgan fingerprint density at radius 3 is 2.82 bits per heavy atom. The molecule has 22 heavy (non-hydrogen) atoms. The first kappa shape index (κ1) is 15.4. The van der Waals surface area contributed by atoms with Gasteiger partial charge in [-0.05, 0) is 50.2 Å². The first-order chi connectivity index (χ1) is 10.8. The smallest absolute Gasteiger partial charge is 0.224 e. The van der Waals surface area contributed by atoms with Crippen molar-refractivity contribution in [2.24, 2.45) is 5.92 Å². The molecule has 0 radical (unpaired) electrons. The van der Waals surface area contributed by atoms with Gasteiger partial charge in [-0.2, -0.15) is 0 Å². The van der Waals surface area contributed by atoms with Gasteiger partial charge in [0.2, 0.25) is 5.91 Å². The maximum Gasteiger partial charge on any atom is 0.224 e. The lowest BCUT2D eigenvalue weighted by atomic mass is 9.78. The number of benzene rings is 1. The van der Waals surface area contributed by atoms with Gasteiger partial charge in [-0.25, -0.2) is 0 Å². The van der Waals surface area contributed by atoms with Crippen molar-refractivity contribution < 1.29 is 4.79 Å². The molecule has 1 aliphatic heterocycles. The minimum atomic E-state index is 0.345. The second-order valence-corrected chi connectivity index (χ2v) is 6.83. The fraction of sp³-hybridized carbons (Fsp3) is 0.632. The van der Waals surface area contributed by atoms with E-state index in [1.165, 1.54) is 44.1 Å². The highest BCUT2D eigenvalue weighted by atomic mass is 16.2. The van der Waals surface area contributed by atoms with Crippen LogP contribution in [0.2, 0.25) is 0 Å². The predicted octanol–water partition coefficient (Wildman–Crippen LogP) is 3.98. The van der Waals surface area contributed by atoms with Crippen molar-refractivity contribution in [1.82, 2.24) is 4.90 Å². The summed E-state index contributed by atoms with van der Waals surface area (Å²) in [4.78, 5) is 14.8. The van der Waals surface area contributed by atoms with E-state index in [2.05, 4.69) is 29.3 Å². The van der Waals surface area contributed by atoms with Crippen LogP contribution in [0.15, 0.2) is 24.3 Å². The van der Waals surface area contributed by atoms with Crippen LogP contribution >= 0.6 is 0 Å². The van der Waals surface area contributed by atoms with Gasteiger partial charge in [-0.1, -0.05) is 31.0 Å². The standard InChI is InChI=1S/C19H28N2O/c1-15-7-2-4-10-17(15)20-13-12-19(22)21-14-6-9-16-8-3-5-11-18(16)21/h2,4,7,10,16,18,20H,3,5-6,8-9,11-14H2,1H3. The lowest BCUT2D eigenvalue weighted by molar-refractivity contribution is -0.137. The molecule has 1 aromatic carbocycles. The number of anilines is 1. The Bertz CT molecular complexity index is 512. The molecule has 1 heterocycles. The molecule has 2 fully saturated rings. The number of nitrogens with one attached hydrogen (secondary N) is 1. The lowest BCUT2D eigenvalue weighted by Gasteiger charge is -2.44. The van der Waals surface area contributed by atoms with Crippen LogP contribution in [0.3, 0.4) is 0 Å². The van der Waals surface area contributed by atoms with Gasteiger partial charge in [0.1, 0.15) is 0 Å². The van der Waals surface area contributed by atoms with Crippen LogP contribution in [0.25, 0.3) is 0 Å². The molecule has 1 saturated heterocycles. The quantitative estimate of drug-likeness (QED) is 0.912. The predicted molar refractivity (Wildman–Crippen MR) is 91.0 cm³/mol. The van der Waals surface area contributed by atoms with Gasteiger partial charge in [-0.15, -0.1) is 0 Å². The van der Waals surface area contributed by atoms with Crippen molar-refractivity contribution in [3.63, 3.8) is 0 Å². The summed E-state index contributed by atoms with van der Waals surface area (Å²) in [5.74, 6) is 1.12. The molecule has 1 aliphatic carbocycles. The van der Waals surface area contributed by atoms with Crippen LogP contribution < -0.4 is 5.32 Å². The highest BCUT2D eigenvalue weighted by Crippen LogP contribution is 2.35. The Balaban J connectivity index is 1.52. The number of aryl methyl sites for hydroxylation is 1. The van der Waals surface area contributed by atoms with Crippen LogP contribution in [0.1, 0.15) is 50.5 Å². The number of nitrogens with zero attached hydrogens (tertiary/aromatic N) is 1. The number of carbonyl (C=O) groups is 1. The molecule has 2 unspecified atom stereocenters. The Labute approximate surface area is 134 Å². The number of hydrogen-bond acceptors (Lipinski definition) is 2. The summed E-state index contributed by atoms with van der Waals surface area (Å²) < 4.78 is 0. The summed E-state index contributed by atoms with van der Waals surface area (Å²) >= 11 is 0. The van der Waals surface area contributed by atoms with E-state index in [-0.39, 0.29) is 0 Å². The van der Waals surface area contributed by atoms with E-state index >= 15 is 0 Å². The third-order valence-corrected chi connectivity index (χ3v) is 5.36. The van der Waals surface area contributed by atoms with Crippen LogP contribution in [-0.2, 0) is 4.79 Å². The van der Waals surface area contributed by atoms with Crippen LogP contribution in [0.4, 0.5) is 5.69 Å². The highest BCUT2D eigenvalue weighted by molar-refractivity contribution is 5.77. The highest BCUT2D eigenvalue weighted by Gasteiger charge is 2.35. The first-order valence-corrected chi connectivity index (χ1v) is 8.84. The molecule has 1 aromatic rings. The second-order valence-electron chi connectivity index (χ2n) is 6.83. The molecule has 1 amide bonds. The van der Waals surface area contributed by atoms with Crippen molar-refractivity contribution >= 4 is 11.6 Å². The molecule has 3 rings (SSSR count). The zero-order chi connectivity index (χ0) is 15.4. The number of para-hydroxylation sites is 1. The Kier molecular flexibility index (Phi) is 5.01. The molecule has 1 N–H and O–H groups in total. The minimum absolute atomic E-state index is 0.345. The molecule has 0 aromatic heterocycles. The molecular formula is C19H28N2O. The molecule has 0 bridgehead atoms. The van der Waals surface area contributed by atoms with Gasteiger partial charge < -0.3 is 10.2 Å². The van der Waals surface area contributed by atoms with Crippen LogP contribution in [0.5, 0.6) is 0 Å². The fourth-order valence-electron chi connectivity index (χ4n) is 4.15. The third kappa shape index (κ3) is 3.45. The van der Waals surface area contributed by atoms with Gasteiger partial charge in [0, 0.05) is 31.2 Å². The van der Waals surface area contributed by atoms with E-state index < -0.39 is 0 Å². The monoisotopic (exact) mass is 300 g/mol. The Morgan fingerprint density at radius 2 is 1.95 bits per heavy atom. The topological polar surface area (TPSA) is 32.3 Å². The van der Waals surface area contributed by atoms with Crippen LogP contribution in [-0.4, -0.2) is 29.9 Å². The fourth-order valence-corrected chi connectivity index (χ4v) is 4.15. The summed E-state index contributed by atoms with van der Waals surface area (Å²) in [6.07, 6.45) is 8.34. The van der Waals surface area contributed by atoms with E-state index in [1.54, 1.807) is 0 Å². The van der Waals surface area contributed by atoms with Gasteiger partial charge >= 0.3 is 0 Å². The second kappa shape index (κ2) is 7.17. The molecule has 120 valence electrons. The maximum atomic E-state index is 12.6. The number of fused-ring (bicyclic) bond motifs is 1. The summed E-state index contributed by atoms with van der Waals surface area (Å²) in [5.41, 5.74) is 2.38. The zero-order valence-electron chi connectivity index (χ0n) is 13.7. The van der Waals surface area contributed by atoms with E-state index in [1.807, 2.05) is 12.1 Å². The molecule has 3 heteroatoms. The molecule has 0 spiro atoms. The minimum Gasteiger partial charge on any atom is -0.384 e. The number of piperidine rings is 1. The lowest BCUT2D eigenvalue weighted by Crippen LogP contribution is -2.49. The van der Waals surface area contributed by atoms with Gasteiger partial charge in [0.15, 0.2) is 0 Å². The SMILES string of the molecule is Cc1ccccc1NCCC(=O)N1CCCC2CCCCC21. The van der Waals surface area contributed by atoms with Crippen molar-refractivity contribution in [2.75, 3.05) is 18.4 Å². The number of rotatable bonds is 4. The molecule has 1 saturated carbocycles. The maximum absolute atomic E-state index is 12.6. The van der Waals surface area contributed by atoms with Crippen molar-refractivity contribution in [2.45, 2.75) is 57.9 Å². The van der Waals surface area contributed by atoms with Gasteiger partial charge in [0.25, 0.3) is 0 Å². The molecule has 2 aliphatic rings. The number of likely N-dealkylation sites (tertiary alicyclic amines) is 1. The zero-order valence-corrected chi connectivity index (χ0v) is 13.7. The summed E-state index contributed by atoms with van der Waals surface area (Å²) in [5, 5.41) is 3.41. The molecule has 2 atom stereocenters.